The number of phenolic OH excluding ortho intramolecular Hbond substituents is 2. The minimum absolute atomic E-state index is 0.0518. The van der Waals surface area contributed by atoms with Gasteiger partial charge in [-0.3, -0.25) is 9.59 Å². The molecule has 2 rings (SSSR count). The number of carbonyl (C=O) groups is 2. The second-order valence-electron chi connectivity index (χ2n) is 4.87. The van der Waals surface area contributed by atoms with E-state index in [0.29, 0.717) is 0 Å². The van der Waals surface area contributed by atoms with Crippen LogP contribution in [0.25, 0.3) is 0 Å². The highest BCUT2D eigenvalue weighted by Crippen LogP contribution is 2.37. The largest absolute Gasteiger partial charge is 0.508 e. The van der Waals surface area contributed by atoms with E-state index in [1.807, 2.05) is 0 Å². The monoisotopic (exact) mass is 302 g/mol. The summed E-state index contributed by atoms with van der Waals surface area (Å²) in [4.78, 5) is 23.2. The van der Waals surface area contributed by atoms with Crippen LogP contribution in [0, 0.1) is 0 Å². The van der Waals surface area contributed by atoms with Crippen LogP contribution in [-0.4, -0.2) is 32.4 Å². The van der Waals surface area contributed by atoms with Gasteiger partial charge in [0.25, 0.3) is 0 Å². The molecule has 0 aliphatic heterocycles. The number of aromatic hydroxyl groups is 2. The first-order valence-corrected chi connectivity index (χ1v) is 6.40. The molecule has 6 heteroatoms. The molecule has 22 heavy (non-hydrogen) atoms. The van der Waals surface area contributed by atoms with Gasteiger partial charge < -0.3 is 20.4 Å². The number of phenols is 2. The molecule has 0 aromatic heterocycles. The third kappa shape index (κ3) is 2.71. The van der Waals surface area contributed by atoms with Gasteiger partial charge in [0.05, 0.1) is 6.42 Å². The van der Waals surface area contributed by atoms with E-state index in [4.69, 9.17) is 5.11 Å². The number of hydrogen-bond acceptors (Lipinski definition) is 4. The molecule has 0 heterocycles. The van der Waals surface area contributed by atoms with Crippen molar-refractivity contribution < 1.29 is 30.0 Å². The fourth-order valence-corrected chi connectivity index (χ4v) is 2.41. The van der Waals surface area contributed by atoms with Crippen molar-refractivity contribution in [3.63, 3.8) is 0 Å². The maximum absolute atomic E-state index is 11.9. The zero-order valence-corrected chi connectivity index (χ0v) is 11.4. The first-order chi connectivity index (χ1) is 10.4. The van der Waals surface area contributed by atoms with Gasteiger partial charge in [-0.1, -0.05) is 24.3 Å². The van der Waals surface area contributed by atoms with E-state index in [9.17, 15) is 24.9 Å². The average Bonchev–Trinajstić information content (AvgIpc) is 2.46. The number of aliphatic carboxylic acids is 2. The average molecular weight is 302 g/mol. The lowest BCUT2D eigenvalue weighted by atomic mass is 9.72. The highest BCUT2D eigenvalue weighted by atomic mass is 16.4. The number of benzene rings is 2. The van der Waals surface area contributed by atoms with Gasteiger partial charge in [0, 0.05) is 0 Å². The van der Waals surface area contributed by atoms with Gasteiger partial charge in [0.2, 0.25) is 0 Å². The molecule has 0 saturated heterocycles. The summed E-state index contributed by atoms with van der Waals surface area (Å²) in [6.07, 6.45) is -0.669. The van der Waals surface area contributed by atoms with E-state index in [0.717, 1.165) is 0 Å². The Kier molecular flexibility index (Phi) is 4.03. The molecule has 0 fully saturated rings. The Balaban J connectivity index is 2.70. The maximum atomic E-state index is 11.9. The topological polar surface area (TPSA) is 115 Å². The molecule has 0 amide bonds. The SMILES string of the molecule is O=C(O)CC(C(=O)O)(c1ccc(O)cc1)c1ccc(O)cc1. The van der Waals surface area contributed by atoms with Gasteiger partial charge in [-0.15, -0.1) is 0 Å². The van der Waals surface area contributed by atoms with E-state index in [1.54, 1.807) is 0 Å². The van der Waals surface area contributed by atoms with E-state index >= 15 is 0 Å². The third-order valence-corrected chi connectivity index (χ3v) is 3.50. The molecule has 0 saturated carbocycles. The van der Waals surface area contributed by atoms with Crippen LogP contribution in [0.15, 0.2) is 48.5 Å². The standard InChI is InChI=1S/C16H14O6/c17-12-5-1-10(2-6-12)16(15(21)22,9-14(19)20)11-3-7-13(18)8-4-11/h1-8,17-18H,9H2,(H,19,20)(H,21,22). The lowest BCUT2D eigenvalue weighted by Crippen LogP contribution is -2.39. The zero-order valence-electron chi connectivity index (χ0n) is 11.4. The van der Waals surface area contributed by atoms with Crippen LogP contribution in [0.3, 0.4) is 0 Å². The lowest BCUT2D eigenvalue weighted by molar-refractivity contribution is -0.148. The van der Waals surface area contributed by atoms with Gasteiger partial charge in [0.15, 0.2) is 0 Å². The molecular weight excluding hydrogens is 288 g/mol. The molecule has 4 N–H and O–H groups in total. The fourth-order valence-electron chi connectivity index (χ4n) is 2.41. The zero-order chi connectivity index (χ0) is 16.3. The first-order valence-electron chi connectivity index (χ1n) is 6.40. The summed E-state index contributed by atoms with van der Waals surface area (Å²) in [5, 5.41) is 37.6. The molecule has 0 aliphatic carbocycles. The second-order valence-corrected chi connectivity index (χ2v) is 4.87. The van der Waals surface area contributed by atoms with E-state index in [1.165, 1.54) is 48.5 Å². The molecule has 0 bridgehead atoms. The van der Waals surface area contributed by atoms with Crippen LogP contribution in [0.1, 0.15) is 17.5 Å². The normalized spacial score (nSPS) is 11.1. The van der Waals surface area contributed by atoms with Crippen molar-refractivity contribution in [3.8, 4) is 11.5 Å². The van der Waals surface area contributed by atoms with Crippen molar-refractivity contribution in [1.29, 1.82) is 0 Å². The summed E-state index contributed by atoms with van der Waals surface area (Å²) in [6, 6.07) is 10.7. The van der Waals surface area contributed by atoms with Crippen LogP contribution in [-0.2, 0) is 15.0 Å². The molecule has 6 nitrogen and oxygen atoms in total. The van der Waals surface area contributed by atoms with Crippen LogP contribution in [0.2, 0.25) is 0 Å². The molecule has 0 atom stereocenters. The van der Waals surface area contributed by atoms with Crippen molar-refractivity contribution in [2.24, 2.45) is 0 Å². The van der Waals surface area contributed by atoms with Crippen LogP contribution < -0.4 is 0 Å². The summed E-state index contributed by atoms with van der Waals surface area (Å²) in [7, 11) is 0. The maximum Gasteiger partial charge on any atom is 0.319 e. The lowest BCUT2D eigenvalue weighted by Gasteiger charge is -2.29. The number of rotatable bonds is 5. The van der Waals surface area contributed by atoms with Crippen molar-refractivity contribution in [1.82, 2.24) is 0 Å². The van der Waals surface area contributed by atoms with E-state index in [-0.39, 0.29) is 22.6 Å². The second kappa shape index (κ2) is 5.77. The molecule has 0 aliphatic rings. The van der Waals surface area contributed by atoms with Crippen molar-refractivity contribution in [2.75, 3.05) is 0 Å². The summed E-state index contributed by atoms with van der Waals surface area (Å²) >= 11 is 0. The number of hydrogen-bond donors (Lipinski definition) is 4. The van der Waals surface area contributed by atoms with Crippen LogP contribution in [0.4, 0.5) is 0 Å². The molecule has 2 aromatic carbocycles. The Morgan fingerprint density at radius 1 is 0.773 bits per heavy atom. The number of carboxylic acid groups (broad SMARTS) is 2. The summed E-state index contributed by atoms with van der Waals surface area (Å²) in [5.74, 6) is -2.71. The highest BCUT2D eigenvalue weighted by Gasteiger charge is 2.44. The van der Waals surface area contributed by atoms with Gasteiger partial charge in [-0.25, -0.2) is 0 Å². The predicted molar refractivity (Wildman–Crippen MR) is 76.9 cm³/mol. The summed E-state index contributed by atoms with van der Waals surface area (Å²) < 4.78 is 0. The molecule has 0 radical (unpaired) electrons. The fraction of sp³-hybridized carbons (Fsp3) is 0.125. The minimum atomic E-state index is -1.81. The summed E-state index contributed by atoms with van der Waals surface area (Å²) in [6.45, 7) is 0. The molecular formula is C16H14O6. The van der Waals surface area contributed by atoms with Crippen molar-refractivity contribution in [2.45, 2.75) is 11.8 Å². The quantitative estimate of drug-likeness (QED) is 0.671. The van der Waals surface area contributed by atoms with Gasteiger partial charge >= 0.3 is 11.9 Å². The molecule has 114 valence electrons. The van der Waals surface area contributed by atoms with Gasteiger partial charge in [-0.2, -0.15) is 0 Å². The van der Waals surface area contributed by atoms with Crippen molar-refractivity contribution in [3.05, 3.63) is 59.7 Å². The number of carboxylic acids is 2. The molecule has 0 unspecified atom stereocenters. The molecule has 0 spiro atoms. The Bertz CT molecular complexity index is 642. The Morgan fingerprint density at radius 2 is 1.14 bits per heavy atom. The smallest absolute Gasteiger partial charge is 0.319 e. The van der Waals surface area contributed by atoms with Crippen LogP contribution in [0.5, 0.6) is 11.5 Å². The minimum Gasteiger partial charge on any atom is -0.508 e. The van der Waals surface area contributed by atoms with E-state index in [2.05, 4.69) is 0 Å². The third-order valence-electron chi connectivity index (χ3n) is 3.50. The Morgan fingerprint density at radius 3 is 1.41 bits per heavy atom. The predicted octanol–water partition coefficient (Wildman–Crippen LogP) is 1.94. The first kappa shape index (κ1) is 15.4. The van der Waals surface area contributed by atoms with Crippen LogP contribution >= 0.6 is 0 Å². The Labute approximate surface area is 125 Å². The Hall–Kier alpha value is -3.02. The summed E-state index contributed by atoms with van der Waals surface area (Å²) in [5.41, 5.74) is -1.36. The van der Waals surface area contributed by atoms with Gasteiger partial charge in [0.1, 0.15) is 16.9 Å². The molecule has 2 aromatic rings. The van der Waals surface area contributed by atoms with Gasteiger partial charge in [-0.05, 0) is 35.4 Å². The van der Waals surface area contributed by atoms with Crippen molar-refractivity contribution >= 4 is 11.9 Å². The van der Waals surface area contributed by atoms with E-state index < -0.39 is 23.8 Å². The highest BCUT2D eigenvalue weighted by molar-refractivity contribution is 5.91.